The highest BCUT2D eigenvalue weighted by atomic mass is 35.5. The molecule has 9 heteroatoms. The molecule has 0 radical (unpaired) electrons. The number of piperidine rings is 1. The van der Waals surface area contributed by atoms with Gasteiger partial charge in [-0.05, 0) is 56.0 Å². The number of halogens is 2. The van der Waals surface area contributed by atoms with Crippen molar-refractivity contribution in [2.24, 2.45) is 0 Å². The van der Waals surface area contributed by atoms with E-state index in [0.717, 1.165) is 16.7 Å². The molecule has 0 unspecified atom stereocenters. The van der Waals surface area contributed by atoms with Gasteiger partial charge in [0.15, 0.2) is 11.5 Å². The van der Waals surface area contributed by atoms with Crippen molar-refractivity contribution in [3.63, 3.8) is 0 Å². The smallest absolute Gasteiger partial charge is 0.246 e. The van der Waals surface area contributed by atoms with Crippen molar-refractivity contribution in [1.29, 1.82) is 0 Å². The van der Waals surface area contributed by atoms with E-state index in [2.05, 4.69) is 4.90 Å². The second kappa shape index (κ2) is 8.54. The van der Waals surface area contributed by atoms with Crippen LogP contribution in [-0.4, -0.2) is 76.5 Å². The summed E-state index contributed by atoms with van der Waals surface area (Å²) in [6.07, 6.45) is 8.04. The van der Waals surface area contributed by atoms with Crippen molar-refractivity contribution >= 4 is 24.4 Å². The molecule has 1 aromatic carbocycles. The number of hydrogen-bond acceptors (Lipinski definition) is 6. The molecule has 2 aliphatic heterocycles. The molecule has 1 aromatic heterocycles. The molecule has 2 fully saturated rings. The van der Waals surface area contributed by atoms with E-state index in [1.54, 1.807) is 42.7 Å². The number of aromatic hydroxyl groups is 1. The third-order valence-corrected chi connectivity index (χ3v) is 8.72. The lowest BCUT2D eigenvalue weighted by atomic mass is 9.48. The Kier molecular flexibility index (Phi) is 5.89. The Hall–Kier alpha value is -2.55. The van der Waals surface area contributed by atoms with Crippen LogP contribution in [0.15, 0.2) is 41.2 Å². The van der Waals surface area contributed by atoms with E-state index in [-0.39, 0.29) is 42.7 Å². The lowest BCUT2D eigenvalue weighted by molar-refractivity contribution is -0.199. The molecule has 5 atom stereocenters. The number of hydrogen-bond donors (Lipinski definition) is 2. The molecular formula is C26H30ClFN2O5. The van der Waals surface area contributed by atoms with Gasteiger partial charge in [0.05, 0.1) is 29.6 Å². The molecular weight excluding hydrogens is 475 g/mol. The summed E-state index contributed by atoms with van der Waals surface area (Å²) in [5.41, 5.74) is 0.841. The number of ether oxygens (including phenoxy) is 1. The first-order chi connectivity index (χ1) is 16.4. The molecule has 2 aliphatic carbocycles. The van der Waals surface area contributed by atoms with Gasteiger partial charge in [0, 0.05) is 36.8 Å². The van der Waals surface area contributed by atoms with Crippen molar-refractivity contribution in [2.45, 2.75) is 54.9 Å². The molecule has 2 bridgehead atoms. The first kappa shape index (κ1) is 24.2. The summed E-state index contributed by atoms with van der Waals surface area (Å²) in [4.78, 5) is 16.9. The van der Waals surface area contributed by atoms with Gasteiger partial charge < -0.3 is 24.3 Å². The van der Waals surface area contributed by atoms with Crippen LogP contribution in [-0.2, 0) is 16.6 Å². The van der Waals surface area contributed by atoms with E-state index in [0.29, 0.717) is 38.0 Å². The predicted molar refractivity (Wildman–Crippen MR) is 130 cm³/mol. The highest BCUT2D eigenvalue weighted by Gasteiger charge is 2.73. The fraction of sp³-hybridized carbons (Fsp3) is 0.500. The fourth-order valence-electron chi connectivity index (χ4n) is 7.20. The second-order valence-corrected chi connectivity index (χ2v) is 10.0. The number of carbonyl (C=O) groups is 1. The Morgan fingerprint density at radius 3 is 2.91 bits per heavy atom. The van der Waals surface area contributed by atoms with E-state index in [1.165, 1.54) is 6.08 Å². The molecule has 1 saturated heterocycles. The number of aliphatic hydroxyl groups is 1. The number of phenols is 1. The second-order valence-electron chi connectivity index (χ2n) is 10.0. The van der Waals surface area contributed by atoms with E-state index in [4.69, 9.17) is 9.15 Å². The predicted octanol–water partition coefficient (Wildman–Crippen LogP) is 3.07. The van der Waals surface area contributed by atoms with Crippen LogP contribution in [0.25, 0.3) is 6.08 Å². The number of benzene rings is 1. The topological polar surface area (TPSA) is 86.4 Å². The summed E-state index contributed by atoms with van der Waals surface area (Å²) in [7, 11) is 1.76. The number of carbonyl (C=O) groups excluding carboxylic acids is 1. The highest BCUT2D eigenvalue weighted by molar-refractivity contribution is 5.92. The Morgan fingerprint density at radius 1 is 1.34 bits per heavy atom. The van der Waals surface area contributed by atoms with Crippen molar-refractivity contribution < 1.29 is 28.6 Å². The Balaban J connectivity index is 0.00000253. The molecule has 6 rings (SSSR count). The van der Waals surface area contributed by atoms with E-state index < -0.39 is 23.8 Å². The zero-order valence-electron chi connectivity index (χ0n) is 19.5. The van der Waals surface area contributed by atoms with Crippen LogP contribution in [0.1, 0.15) is 36.0 Å². The number of likely N-dealkylation sites (tertiary alicyclic amines) is 1. The Bertz CT molecular complexity index is 1160. The molecule has 35 heavy (non-hydrogen) atoms. The summed E-state index contributed by atoms with van der Waals surface area (Å²) in [6.45, 7) is 0.460. The van der Waals surface area contributed by atoms with Gasteiger partial charge in [0.25, 0.3) is 0 Å². The van der Waals surface area contributed by atoms with Crippen molar-refractivity contribution in [3.8, 4) is 11.5 Å². The summed E-state index contributed by atoms with van der Waals surface area (Å²) in [6, 6.07) is 4.80. The molecule has 1 saturated carbocycles. The van der Waals surface area contributed by atoms with Gasteiger partial charge in [-0.3, -0.25) is 9.69 Å². The summed E-state index contributed by atoms with van der Waals surface area (Å²) >= 11 is 0. The van der Waals surface area contributed by atoms with Crippen LogP contribution in [0, 0.1) is 0 Å². The van der Waals surface area contributed by atoms with Crippen molar-refractivity contribution in [2.75, 3.05) is 26.8 Å². The lowest BCUT2D eigenvalue weighted by Gasteiger charge is -2.64. The minimum atomic E-state index is -1.12. The van der Waals surface area contributed by atoms with Gasteiger partial charge >= 0.3 is 0 Å². The van der Waals surface area contributed by atoms with Gasteiger partial charge in [-0.2, -0.15) is 0 Å². The number of furan rings is 1. The van der Waals surface area contributed by atoms with Crippen molar-refractivity contribution in [1.82, 2.24) is 9.80 Å². The van der Waals surface area contributed by atoms with Crippen LogP contribution >= 0.6 is 12.4 Å². The van der Waals surface area contributed by atoms with Gasteiger partial charge in [-0.15, -0.1) is 12.4 Å². The molecule has 2 aromatic rings. The molecule has 1 spiro atoms. The van der Waals surface area contributed by atoms with Crippen molar-refractivity contribution in [3.05, 3.63) is 53.5 Å². The first-order valence-electron chi connectivity index (χ1n) is 11.9. The monoisotopic (exact) mass is 504 g/mol. The van der Waals surface area contributed by atoms with Gasteiger partial charge in [0.2, 0.25) is 5.91 Å². The molecule has 188 valence electrons. The Labute approximate surface area is 209 Å². The van der Waals surface area contributed by atoms with E-state index >= 15 is 0 Å². The van der Waals surface area contributed by atoms with E-state index in [9.17, 15) is 19.4 Å². The molecule has 3 heterocycles. The Morgan fingerprint density at radius 2 is 2.17 bits per heavy atom. The summed E-state index contributed by atoms with van der Waals surface area (Å²) in [5, 5.41) is 23.0. The summed E-state index contributed by atoms with van der Waals surface area (Å²) in [5.74, 6) is 0.321. The van der Waals surface area contributed by atoms with Gasteiger partial charge in [-0.25, -0.2) is 4.39 Å². The highest BCUT2D eigenvalue weighted by Crippen LogP contribution is 2.65. The zero-order chi connectivity index (χ0) is 23.7. The molecule has 4 aliphatic rings. The SMILES string of the molecule is CN(C(=O)/C=C/c1ccoc1)[C@@H]1CC[C@@]2(O)[C@H]3Cc4ccc(O)c5c4[C@@]2(CCN3CCF)[C@H]1O5.Cl. The standard InChI is InChI=1S/C26H29FN2O5.ClH/c1-28(21(31)5-2-16-7-13-33-15-16)18-6-8-26(32)20-14-17-3-4-19(30)23-22(17)25(26,24(18)34-23)9-11-29(20)12-10-27;/h2-5,7,13,15,18,20,24,30,32H,6,8-12,14H2,1H3;1H/b5-2+;/t18-,20-,24+,25+,26-;/m1./s1. The van der Waals surface area contributed by atoms with Crippen LogP contribution in [0.3, 0.4) is 0 Å². The van der Waals surface area contributed by atoms with Crippen LogP contribution < -0.4 is 4.74 Å². The van der Waals surface area contributed by atoms with Gasteiger partial charge in [-0.1, -0.05) is 6.07 Å². The number of phenolic OH excluding ortho intramolecular Hbond substituents is 1. The average Bonchev–Trinajstić information content (AvgIpc) is 3.46. The maximum absolute atomic E-state index is 13.4. The third kappa shape index (κ3) is 3.19. The molecule has 1 amide bonds. The normalized spacial score (nSPS) is 32.6. The first-order valence-corrected chi connectivity index (χ1v) is 11.9. The average molecular weight is 505 g/mol. The molecule has 2 N–H and O–H groups in total. The minimum Gasteiger partial charge on any atom is -0.504 e. The molecule has 7 nitrogen and oxygen atoms in total. The maximum Gasteiger partial charge on any atom is 0.246 e. The number of rotatable bonds is 5. The zero-order valence-corrected chi connectivity index (χ0v) is 20.3. The number of nitrogens with zero attached hydrogens (tertiary/aromatic N) is 2. The largest absolute Gasteiger partial charge is 0.504 e. The van der Waals surface area contributed by atoms with Crippen LogP contribution in [0.5, 0.6) is 11.5 Å². The maximum atomic E-state index is 13.4. The number of amides is 1. The van der Waals surface area contributed by atoms with Gasteiger partial charge in [0.1, 0.15) is 12.8 Å². The third-order valence-electron chi connectivity index (χ3n) is 8.72. The number of likely N-dealkylation sites (N-methyl/N-ethyl adjacent to an activating group) is 1. The minimum absolute atomic E-state index is 0. The van der Waals surface area contributed by atoms with Crippen LogP contribution in [0.2, 0.25) is 0 Å². The fourth-order valence-corrected chi connectivity index (χ4v) is 7.20. The number of alkyl halides is 1. The lowest BCUT2D eigenvalue weighted by Crippen LogP contribution is -2.78. The summed E-state index contributed by atoms with van der Waals surface area (Å²) < 4.78 is 24.9. The quantitative estimate of drug-likeness (QED) is 0.609. The van der Waals surface area contributed by atoms with Crippen LogP contribution in [0.4, 0.5) is 4.39 Å². The van der Waals surface area contributed by atoms with E-state index in [1.807, 2.05) is 6.07 Å².